The average molecular weight is 383 g/mol. The van der Waals surface area contributed by atoms with Crippen molar-refractivity contribution >= 4 is 46.6 Å². The van der Waals surface area contributed by atoms with Gasteiger partial charge in [0.25, 0.3) is 5.91 Å². The first-order valence-corrected chi connectivity index (χ1v) is 9.78. The molecule has 1 unspecified atom stereocenters. The highest BCUT2D eigenvalue weighted by Gasteiger charge is 2.30. The van der Waals surface area contributed by atoms with Gasteiger partial charge in [0.1, 0.15) is 10.7 Å². The van der Waals surface area contributed by atoms with E-state index in [2.05, 4.69) is 4.98 Å². The van der Waals surface area contributed by atoms with Crippen LogP contribution in [0, 0.1) is 0 Å². The maximum atomic E-state index is 12.8. The molecular formula is C16H15ClN2O3S2. The van der Waals surface area contributed by atoms with Gasteiger partial charge in [0.05, 0.1) is 17.5 Å². The summed E-state index contributed by atoms with van der Waals surface area (Å²) in [5, 5.41) is 12.0. The molecule has 1 saturated heterocycles. The van der Waals surface area contributed by atoms with E-state index >= 15 is 0 Å². The van der Waals surface area contributed by atoms with E-state index in [0.717, 1.165) is 11.3 Å². The van der Waals surface area contributed by atoms with E-state index in [1.54, 1.807) is 28.1 Å². The molecule has 0 spiro atoms. The van der Waals surface area contributed by atoms with Crippen molar-refractivity contribution in [1.82, 2.24) is 9.88 Å². The van der Waals surface area contributed by atoms with E-state index in [-0.39, 0.29) is 18.4 Å². The van der Waals surface area contributed by atoms with Crippen LogP contribution in [-0.2, 0) is 4.79 Å². The van der Waals surface area contributed by atoms with Gasteiger partial charge in [-0.25, -0.2) is 4.98 Å². The Labute approximate surface area is 152 Å². The second kappa shape index (κ2) is 7.55. The second-order valence-electron chi connectivity index (χ2n) is 5.34. The normalized spacial score (nSPS) is 17.7. The molecule has 0 aliphatic carbocycles. The summed E-state index contributed by atoms with van der Waals surface area (Å²) in [5.41, 5.74) is 1.14. The third kappa shape index (κ3) is 3.74. The largest absolute Gasteiger partial charge is 0.481 e. The molecule has 8 heteroatoms. The number of halogens is 1. The smallest absolute Gasteiger partial charge is 0.305 e. The van der Waals surface area contributed by atoms with E-state index in [0.29, 0.717) is 28.0 Å². The van der Waals surface area contributed by atoms with Crippen molar-refractivity contribution in [2.24, 2.45) is 0 Å². The number of thioether (sulfide) groups is 1. The fourth-order valence-corrected chi connectivity index (χ4v) is 4.75. The van der Waals surface area contributed by atoms with Gasteiger partial charge < -0.3 is 10.0 Å². The lowest BCUT2D eigenvalue weighted by Crippen LogP contribution is -2.47. The minimum atomic E-state index is -0.893. The van der Waals surface area contributed by atoms with Crippen molar-refractivity contribution in [3.05, 3.63) is 40.4 Å². The third-order valence-electron chi connectivity index (χ3n) is 3.73. The van der Waals surface area contributed by atoms with Gasteiger partial charge in [-0.05, 0) is 6.07 Å². The molecule has 1 aliphatic rings. The van der Waals surface area contributed by atoms with Crippen molar-refractivity contribution in [2.75, 3.05) is 18.1 Å². The molecule has 0 saturated carbocycles. The number of thiazole rings is 1. The lowest BCUT2D eigenvalue weighted by atomic mass is 10.2. The van der Waals surface area contributed by atoms with Crippen molar-refractivity contribution in [3.63, 3.8) is 0 Å². The Bertz CT molecular complexity index is 765. The van der Waals surface area contributed by atoms with Crippen LogP contribution in [-0.4, -0.2) is 51.0 Å². The summed E-state index contributed by atoms with van der Waals surface area (Å²) in [6, 6.07) is 7.06. The maximum absolute atomic E-state index is 12.8. The van der Waals surface area contributed by atoms with Crippen LogP contribution in [0.3, 0.4) is 0 Å². The van der Waals surface area contributed by atoms with Crippen molar-refractivity contribution in [2.45, 2.75) is 12.5 Å². The number of nitrogens with zero attached hydrogens (tertiary/aromatic N) is 2. The molecule has 2 heterocycles. The van der Waals surface area contributed by atoms with Crippen LogP contribution in [0.2, 0.25) is 5.02 Å². The van der Waals surface area contributed by atoms with Gasteiger partial charge >= 0.3 is 5.97 Å². The fraction of sp³-hybridized carbons (Fsp3) is 0.312. The van der Waals surface area contributed by atoms with Gasteiger partial charge in [0, 0.05) is 29.0 Å². The molecule has 1 aromatic heterocycles. The summed E-state index contributed by atoms with van der Waals surface area (Å²) in [7, 11) is 0. The lowest BCUT2D eigenvalue weighted by Gasteiger charge is -2.34. The molecule has 3 rings (SSSR count). The molecule has 5 nitrogen and oxygen atoms in total. The second-order valence-corrected chi connectivity index (χ2v) is 7.76. The minimum absolute atomic E-state index is 0.0414. The summed E-state index contributed by atoms with van der Waals surface area (Å²) >= 11 is 9.21. The number of benzene rings is 1. The van der Waals surface area contributed by atoms with Crippen LogP contribution in [0.1, 0.15) is 16.9 Å². The van der Waals surface area contributed by atoms with Crippen molar-refractivity contribution in [3.8, 4) is 10.6 Å². The third-order valence-corrected chi connectivity index (χ3v) is 6.02. The van der Waals surface area contributed by atoms with E-state index in [1.807, 2.05) is 18.2 Å². The van der Waals surface area contributed by atoms with E-state index in [1.165, 1.54) is 11.3 Å². The van der Waals surface area contributed by atoms with Crippen molar-refractivity contribution < 1.29 is 14.7 Å². The number of rotatable bonds is 4. The lowest BCUT2D eigenvalue weighted by molar-refractivity contribution is -0.138. The summed E-state index contributed by atoms with van der Waals surface area (Å²) in [4.78, 5) is 29.8. The highest BCUT2D eigenvalue weighted by molar-refractivity contribution is 7.99. The average Bonchev–Trinajstić information content (AvgIpc) is 3.04. The number of carbonyl (C=O) groups is 2. The molecular weight excluding hydrogens is 368 g/mol. The Morgan fingerprint density at radius 2 is 2.17 bits per heavy atom. The van der Waals surface area contributed by atoms with Crippen LogP contribution in [0.5, 0.6) is 0 Å². The Balaban J connectivity index is 1.82. The zero-order chi connectivity index (χ0) is 17.1. The first-order valence-electron chi connectivity index (χ1n) is 7.37. The predicted octanol–water partition coefficient (Wildman–Crippen LogP) is 3.50. The molecule has 1 aliphatic heterocycles. The van der Waals surface area contributed by atoms with E-state index in [4.69, 9.17) is 16.7 Å². The van der Waals surface area contributed by atoms with Gasteiger partial charge in [-0.15, -0.1) is 11.3 Å². The molecule has 0 radical (unpaired) electrons. The Morgan fingerprint density at radius 1 is 1.38 bits per heavy atom. The number of amides is 1. The number of carbonyl (C=O) groups excluding carboxylic acids is 1. The number of aliphatic carboxylic acids is 1. The monoisotopic (exact) mass is 382 g/mol. The SMILES string of the molecule is O=C(O)CC1CSCCN1C(=O)c1csc(-c2ccccc2Cl)n1. The summed E-state index contributed by atoms with van der Waals surface area (Å²) < 4.78 is 0. The van der Waals surface area contributed by atoms with Crippen LogP contribution in [0.4, 0.5) is 0 Å². The highest BCUT2D eigenvalue weighted by atomic mass is 35.5. The quantitative estimate of drug-likeness (QED) is 0.876. The number of hydrogen-bond donors (Lipinski definition) is 1. The molecule has 1 amide bonds. The molecule has 0 bridgehead atoms. The number of carboxylic acids is 1. The van der Waals surface area contributed by atoms with Gasteiger partial charge in [0.2, 0.25) is 0 Å². The maximum Gasteiger partial charge on any atom is 0.305 e. The van der Waals surface area contributed by atoms with Crippen LogP contribution >= 0.6 is 34.7 Å². The fourth-order valence-electron chi connectivity index (χ4n) is 2.57. The highest BCUT2D eigenvalue weighted by Crippen LogP contribution is 2.31. The summed E-state index contributed by atoms with van der Waals surface area (Å²) in [6.45, 7) is 0.542. The Hall–Kier alpha value is -1.57. The molecule has 1 fully saturated rings. The number of carboxylic acid groups (broad SMARTS) is 1. The number of hydrogen-bond acceptors (Lipinski definition) is 5. The van der Waals surface area contributed by atoms with Crippen LogP contribution in [0.25, 0.3) is 10.6 Å². The predicted molar refractivity (Wildman–Crippen MR) is 97.0 cm³/mol. The van der Waals surface area contributed by atoms with Gasteiger partial charge in [-0.2, -0.15) is 11.8 Å². The molecule has 2 aromatic rings. The Morgan fingerprint density at radius 3 is 2.92 bits per heavy atom. The molecule has 1 aromatic carbocycles. The molecule has 24 heavy (non-hydrogen) atoms. The number of aromatic nitrogens is 1. The van der Waals surface area contributed by atoms with Gasteiger partial charge in [-0.1, -0.05) is 29.8 Å². The first kappa shape index (κ1) is 17.3. The minimum Gasteiger partial charge on any atom is -0.481 e. The molecule has 126 valence electrons. The standard InChI is InChI=1S/C16H15ClN2O3S2/c17-12-4-2-1-3-11(12)15-18-13(9-24-15)16(22)19-5-6-23-8-10(19)7-14(20)21/h1-4,9-10H,5-8H2,(H,20,21). The topological polar surface area (TPSA) is 70.5 Å². The van der Waals surface area contributed by atoms with Crippen LogP contribution in [0.15, 0.2) is 29.6 Å². The molecule has 1 atom stereocenters. The zero-order valence-corrected chi connectivity index (χ0v) is 15.0. The Kier molecular flexibility index (Phi) is 5.43. The zero-order valence-electron chi connectivity index (χ0n) is 12.6. The van der Waals surface area contributed by atoms with Gasteiger partial charge in [-0.3, -0.25) is 9.59 Å². The molecule has 1 N–H and O–H groups in total. The van der Waals surface area contributed by atoms with E-state index in [9.17, 15) is 9.59 Å². The van der Waals surface area contributed by atoms with Gasteiger partial charge in [0.15, 0.2) is 0 Å². The van der Waals surface area contributed by atoms with Crippen LogP contribution < -0.4 is 0 Å². The summed E-state index contributed by atoms with van der Waals surface area (Å²) in [6.07, 6.45) is -0.0414. The van der Waals surface area contributed by atoms with Crippen molar-refractivity contribution in [1.29, 1.82) is 0 Å². The first-order chi connectivity index (χ1) is 11.6. The van der Waals surface area contributed by atoms with E-state index < -0.39 is 5.97 Å². The summed E-state index contributed by atoms with van der Waals surface area (Å²) in [5.74, 6) is 0.342.